The lowest BCUT2D eigenvalue weighted by Gasteiger charge is -2.06. The van der Waals surface area contributed by atoms with E-state index in [2.05, 4.69) is 0 Å². The van der Waals surface area contributed by atoms with Crippen LogP contribution in [0.2, 0.25) is 0 Å². The van der Waals surface area contributed by atoms with Gasteiger partial charge in [-0.25, -0.2) is 0 Å². The van der Waals surface area contributed by atoms with Gasteiger partial charge in [0.2, 0.25) is 5.91 Å². The zero-order chi connectivity index (χ0) is 6.85. The molecule has 10 heavy (non-hydrogen) atoms. The van der Waals surface area contributed by atoms with Crippen molar-refractivity contribution in [2.75, 3.05) is 20.1 Å². The van der Waals surface area contributed by atoms with Gasteiger partial charge < -0.3 is 10.6 Å². The van der Waals surface area contributed by atoms with Gasteiger partial charge in [-0.15, -0.1) is 12.4 Å². The Kier molecular flexibility index (Phi) is 3.68. The smallest absolute Gasteiger partial charge is 0.222 e. The monoisotopic (exact) mass is 164 g/mol. The lowest BCUT2D eigenvalue weighted by atomic mass is 10.1. The van der Waals surface area contributed by atoms with E-state index in [9.17, 15) is 4.79 Å². The molecule has 0 aromatic rings. The van der Waals surface area contributed by atoms with E-state index in [1.807, 2.05) is 7.05 Å². The minimum absolute atomic E-state index is 0. The summed E-state index contributed by atoms with van der Waals surface area (Å²) < 4.78 is 0. The molecule has 1 atom stereocenters. The topological polar surface area (TPSA) is 46.3 Å². The van der Waals surface area contributed by atoms with Crippen LogP contribution in [-0.4, -0.2) is 30.9 Å². The summed E-state index contributed by atoms with van der Waals surface area (Å²) in [4.78, 5) is 12.5. The van der Waals surface area contributed by atoms with Gasteiger partial charge in [0.25, 0.3) is 0 Å². The standard InChI is InChI=1S/C6H12N2O.ClH/c1-8-4-5(3-7)2-6(8)9;/h5H,2-4,7H2,1H3;1H. The summed E-state index contributed by atoms with van der Waals surface area (Å²) in [5.74, 6) is 0.632. The molecule has 0 aromatic carbocycles. The number of hydrogen-bond donors (Lipinski definition) is 1. The molecule has 60 valence electrons. The zero-order valence-corrected chi connectivity index (χ0v) is 6.86. The van der Waals surface area contributed by atoms with Gasteiger partial charge >= 0.3 is 0 Å². The molecule has 3 nitrogen and oxygen atoms in total. The van der Waals surface area contributed by atoms with Crippen LogP contribution in [-0.2, 0) is 4.79 Å². The molecule has 1 fully saturated rings. The van der Waals surface area contributed by atoms with Crippen molar-refractivity contribution >= 4 is 18.3 Å². The molecule has 0 spiro atoms. The van der Waals surface area contributed by atoms with E-state index < -0.39 is 0 Å². The summed E-state index contributed by atoms with van der Waals surface area (Å²) in [7, 11) is 1.82. The third kappa shape index (κ3) is 1.85. The van der Waals surface area contributed by atoms with Crippen molar-refractivity contribution in [1.29, 1.82) is 0 Å². The van der Waals surface area contributed by atoms with E-state index >= 15 is 0 Å². The van der Waals surface area contributed by atoms with E-state index in [1.54, 1.807) is 4.90 Å². The van der Waals surface area contributed by atoms with E-state index in [4.69, 9.17) is 5.73 Å². The number of hydrogen-bond acceptors (Lipinski definition) is 2. The van der Waals surface area contributed by atoms with E-state index in [0.717, 1.165) is 6.54 Å². The number of likely N-dealkylation sites (tertiary alicyclic amines) is 1. The van der Waals surface area contributed by atoms with Crippen LogP contribution < -0.4 is 5.73 Å². The first-order valence-corrected chi connectivity index (χ1v) is 3.18. The number of nitrogens with two attached hydrogens (primary N) is 1. The molecule has 2 N–H and O–H groups in total. The van der Waals surface area contributed by atoms with Crippen molar-refractivity contribution in [2.45, 2.75) is 6.42 Å². The second kappa shape index (κ2) is 3.78. The van der Waals surface area contributed by atoms with Crippen LogP contribution in [0.5, 0.6) is 0 Å². The average molecular weight is 165 g/mol. The first kappa shape index (κ1) is 9.72. The third-order valence-electron chi connectivity index (χ3n) is 1.75. The Labute approximate surface area is 67.0 Å². The number of amides is 1. The molecule has 0 aliphatic carbocycles. The highest BCUT2D eigenvalue weighted by molar-refractivity contribution is 5.85. The molecule has 0 radical (unpaired) electrons. The largest absolute Gasteiger partial charge is 0.345 e. The van der Waals surface area contributed by atoms with Gasteiger partial charge in [-0.2, -0.15) is 0 Å². The van der Waals surface area contributed by atoms with Gasteiger partial charge in [-0.05, 0) is 12.5 Å². The van der Waals surface area contributed by atoms with Gasteiger partial charge in [0.1, 0.15) is 0 Å². The molecule has 1 unspecified atom stereocenters. The fourth-order valence-corrected chi connectivity index (χ4v) is 1.11. The van der Waals surface area contributed by atoms with Crippen LogP contribution in [0.3, 0.4) is 0 Å². The molecule has 4 heteroatoms. The Balaban J connectivity index is 0.000000810. The molecule has 0 aromatic heterocycles. The molecular formula is C6H13ClN2O. The normalized spacial score (nSPS) is 24.8. The van der Waals surface area contributed by atoms with Crippen molar-refractivity contribution < 1.29 is 4.79 Å². The van der Waals surface area contributed by atoms with Crippen LogP contribution in [0.25, 0.3) is 0 Å². The summed E-state index contributed by atoms with van der Waals surface area (Å²) in [6, 6.07) is 0. The fraction of sp³-hybridized carbons (Fsp3) is 0.833. The SMILES string of the molecule is CN1CC(CN)CC1=O.Cl. The summed E-state index contributed by atoms with van der Waals surface area (Å²) in [6.45, 7) is 1.48. The second-order valence-corrected chi connectivity index (χ2v) is 2.58. The van der Waals surface area contributed by atoms with Gasteiger partial charge in [0.05, 0.1) is 0 Å². The number of rotatable bonds is 1. The van der Waals surface area contributed by atoms with Gasteiger partial charge in [0, 0.05) is 20.0 Å². The highest BCUT2D eigenvalue weighted by Crippen LogP contribution is 2.13. The molecule has 1 aliphatic heterocycles. The predicted molar refractivity (Wildman–Crippen MR) is 42.0 cm³/mol. The minimum atomic E-state index is 0. The van der Waals surface area contributed by atoms with Crippen molar-refractivity contribution in [2.24, 2.45) is 11.7 Å². The molecule has 0 bridgehead atoms. The van der Waals surface area contributed by atoms with E-state index in [0.29, 0.717) is 18.9 Å². The van der Waals surface area contributed by atoms with Crippen LogP contribution in [0.15, 0.2) is 0 Å². The predicted octanol–water partition coefficient (Wildman–Crippen LogP) is -0.155. The summed E-state index contributed by atoms with van der Waals surface area (Å²) in [6.07, 6.45) is 0.646. The zero-order valence-electron chi connectivity index (χ0n) is 6.04. The van der Waals surface area contributed by atoms with Crippen LogP contribution in [0.1, 0.15) is 6.42 Å². The van der Waals surface area contributed by atoms with Gasteiger partial charge in [-0.1, -0.05) is 0 Å². The third-order valence-corrected chi connectivity index (χ3v) is 1.75. The molecule has 1 amide bonds. The Bertz CT molecular complexity index is 129. The van der Waals surface area contributed by atoms with E-state index in [1.165, 1.54) is 0 Å². The fourth-order valence-electron chi connectivity index (χ4n) is 1.11. The van der Waals surface area contributed by atoms with Crippen LogP contribution in [0, 0.1) is 5.92 Å². The maximum Gasteiger partial charge on any atom is 0.222 e. The molecule has 1 aliphatic rings. The molecule has 1 rings (SSSR count). The molecular weight excluding hydrogens is 152 g/mol. The number of halogens is 1. The van der Waals surface area contributed by atoms with Crippen LogP contribution in [0.4, 0.5) is 0 Å². The maximum absolute atomic E-state index is 10.8. The molecule has 1 heterocycles. The number of carbonyl (C=O) groups is 1. The minimum Gasteiger partial charge on any atom is -0.345 e. The highest BCUT2D eigenvalue weighted by Gasteiger charge is 2.24. The van der Waals surface area contributed by atoms with Gasteiger partial charge in [0.15, 0.2) is 0 Å². The summed E-state index contributed by atoms with van der Waals surface area (Å²) in [5.41, 5.74) is 5.38. The van der Waals surface area contributed by atoms with Crippen molar-refractivity contribution in [3.05, 3.63) is 0 Å². The lowest BCUT2D eigenvalue weighted by molar-refractivity contribution is -0.126. The van der Waals surface area contributed by atoms with Crippen molar-refractivity contribution in [3.63, 3.8) is 0 Å². The quantitative estimate of drug-likeness (QED) is 0.586. The average Bonchev–Trinajstić information content (AvgIpc) is 2.13. The highest BCUT2D eigenvalue weighted by atomic mass is 35.5. The van der Waals surface area contributed by atoms with E-state index in [-0.39, 0.29) is 18.3 Å². The number of nitrogens with zero attached hydrogens (tertiary/aromatic N) is 1. The Hall–Kier alpha value is -0.280. The first-order chi connectivity index (χ1) is 4.24. The second-order valence-electron chi connectivity index (χ2n) is 2.58. The molecule has 0 saturated carbocycles. The number of carbonyl (C=O) groups excluding carboxylic acids is 1. The first-order valence-electron chi connectivity index (χ1n) is 3.18. The van der Waals surface area contributed by atoms with Crippen molar-refractivity contribution in [3.8, 4) is 0 Å². The summed E-state index contributed by atoms with van der Waals surface area (Å²) >= 11 is 0. The van der Waals surface area contributed by atoms with Crippen LogP contribution >= 0.6 is 12.4 Å². The van der Waals surface area contributed by atoms with Gasteiger partial charge in [-0.3, -0.25) is 4.79 Å². The lowest BCUT2D eigenvalue weighted by Crippen LogP contribution is -2.21. The Morgan fingerprint density at radius 1 is 1.80 bits per heavy atom. The Morgan fingerprint density at radius 2 is 2.40 bits per heavy atom. The summed E-state index contributed by atoms with van der Waals surface area (Å²) in [5, 5.41) is 0. The van der Waals surface area contributed by atoms with Crippen molar-refractivity contribution in [1.82, 2.24) is 4.90 Å². The molecule has 1 saturated heterocycles. The maximum atomic E-state index is 10.8. The Morgan fingerprint density at radius 3 is 2.60 bits per heavy atom.